The largest absolute Gasteiger partial charge is 0.321 e. The van der Waals surface area contributed by atoms with E-state index < -0.39 is 0 Å². The molecule has 0 fully saturated rings. The topological polar surface area (TPSA) is 38.9 Å². The second-order valence-electron chi connectivity index (χ2n) is 4.85. The fraction of sp³-hybridized carbons (Fsp3) is 0.357. The molecule has 0 amide bonds. The van der Waals surface area contributed by atoms with Gasteiger partial charge in [-0.15, -0.1) is 23.1 Å². The molecule has 2 N–H and O–H groups in total. The number of hydrogen-bond donors (Lipinski definition) is 1. The van der Waals surface area contributed by atoms with Gasteiger partial charge in [-0.3, -0.25) is 0 Å². The van der Waals surface area contributed by atoms with Crippen LogP contribution in [0.3, 0.4) is 0 Å². The molecule has 18 heavy (non-hydrogen) atoms. The minimum absolute atomic E-state index is 0.294. The lowest BCUT2D eigenvalue weighted by atomic mass is 10.0. The number of hydrogen-bond acceptors (Lipinski definition) is 4. The van der Waals surface area contributed by atoms with Crippen molar-refractivity contribution in [2.24, 2.45) is 5.73 Å². The van der Waals surface area contributed by atoms with Crippen molar-refractivity contribution in [3.8, 4) is 0 Å². The van der Waals surface area contributed by atoms with Gasteiger partial charge in [-0.1, -0.05) is 18.2 Å². The van der Waals surface area contributed by atoms with E-state index in [1.165, 1.54) is 9.77 Å². The molecular weight excluding hydrogens is 260 g/mol. The van der Waals surface area contributed by atoms with Crippen LogP contribution in [0, 0.1) is 6.92 Å². The molecule has 0 radical (unpaired) electrons. The van der Waals surface area contributed by atoms with E-state index in [1.807, 2.05) is 38.6 Å². The van der Waals surface area contributed by atoms with Crippen LogP contribution in [-0.4, -0.2) is 4.98 Å². The van der Waals surface area contributed by atoms with Gasteiger partial charge in [-0.2, -0.15) is 0 Å². The number of benzene rings is 1. The third-order valence-corrected chi connectivity index (χ3v) is 5.23. The van der Waals surface area contributed by atoms with Gasteiger partial charge < -0.3 is 5.73 Å². The molecule has 96 valence electrons. The number of nitrogens with zero attached hydrogens (tertiary/aromatic N) is 1. The van der Waals surface area contributed by atoms with Crippen molar-refractivity contribution in [3.63, 3.8) is 0 Å². The van der Waals surface area contributed by atoms with Crippen molar-refractivity contribution in [2.45, 2.75) is 37.0 Å². The molecule has 0 aliphatic rings. The van der Waals surface area contributed by atoms with Gasteiger partial charge in [-0.25, -0.2) is 4.98 Å². The maximum atomic E-state index is 6.14. The van der Waals surface area contributed by atoms with Crippen LogP contribution in [0.4, 0.5) is 0 Å². The average molecular weight is 278 g/mol. The molecule has 0 unspecified atom stereocenters. The van der Waals surface area contributed by atoms with Gasteiger partial charge in [0.05, 0.1) is 11.4 Å². The Labute approximate surface area is 117 Å². The number of thioether (sulfide) groups is 1. The number of aromatic nitrogens is 1. The number of nitrogens with two attached hydrogens (primary N) is 1. The summed E-state index contributed by atoms with van der Waals surface area (Å²) in [4.78, 5) is 7.07. The highest BCUT2D eigenvalue weighted by Gasteiger charge is 2.21. The smallest absolute Gasteiger partial charge is 0.103 e. The Hall–Kier alpha value is -0.840. The molecule has 0 atom stereocenters. The third-order valence-electron chi connectivity index (χ3n) is 2.53. The molecule has 0 saturated carbocycles. The van der Waals surface area contributed by atoms with Gasteiger partial charge in [0, 0.05) is 15.3 Å². The number of rotatable bonds is 4. The van der Waals surface area contributed by atoms with Gasteiger partial charge in [0.1, 0.15) is 5.01 Å². The minimum Gasteiger partial charge on any atom is -0.321 e. The van der Waals surface area contributed by atoms with E-state index >= 15 is 0 Å². The summed E-state index contributed by atoms with van der Waals surface area (Å²) in [5, 5.41) is 1.15. The first-order chi connectivity index (χ1) is 8.47. The Bertz CT molecular complexity index is 512. The van der Waals surface area contributed by atoms with Gasteiger partial charge in [-0.05, 0) is 32.9 Å². The minimum atomic E-state index is -0.294. The highest BCUT2D eigenvalue weighted by Crippen LogP contribution is 2.31. The van der Waals surface area contributed by atoms with Crippen molar-refractivity contribution in [1.82, 2.24) is 4.98 Å². The van der Waals surface area contributed by atoms with E-state index in [2.05, 4.69) is 29.2 Å². The molecule has 1 aromatic carbocycles. The van der Waals surface area contributed by atoms with Crippen LogP contribution in [-0.2, 0) is 11.3 Å². The Kier molecular flexibility index (Phi) is 4.10. The quantitative estimate of drug-likeness (QED) is 0.861. The van der Waals surface area contributed by atoms with Crippen molar-refractivity contribution in [2.75, 3.05) is 0 Å². The molecule has 0 aliphatic heterocycles. The zero-order valence-corrected chi connectivity index (χ0v) is 12.6. The van der Waals surface area contributed by atoms with Crippen LogP contribution in [0.5, 0.6) is 0 Å². The summed E-state index contributed by atoms with van der Waals surface area (Å²) in [5.74, 6) is 0.908. The fourth-order valence-corrected chi connectivity index (χ4v) is 3.76. The zero-order valence-electron chi connectivity index (χ0n) is 10.9. The van der Waals surface area contributed by atoms with Crippen molar-refractivity contribution >= 4 is 23.1 Å². The lowest BCUT2D eigenvalue weighted by molar-refractivity contribution is 0.562. The molecule has 4 heteroatoms. The third kappa shape index (κ3) is 3.34. The van der Waals surface area contributed by atoms with Crippen LogP contribution < -0.4 is 5.73 Å². The summed E-state index contributed by atoms with van der Waals surface area (Å²) in [5.41, 5.74) is 6.91. The summed E-state index contributed by atoms with van der Waals surface area (Å²) < 4.78 is 0. The first-order valence-corrected chi connectivity index (χ1v) is 7.70. The molecule has 0 bridgehead atoms. The van der Waals surface area contributed by atoms with E-state index in [-0.39, 0.29) is 5.54 Å². The number of thiazole rings is 1. The van der Waals surface area contributed by atoms with Gasteiger partial charge in [0.25, 0.3) is 0 Å². The second kappa shape index (κ2) is 5.43. The highest BCUT2D eigenvalue weighted by atomic mass is 32.2. The molecule has 1 heterocycles. The monoisotopic (exact) mass is 278 g/mol. The van der Waals surface area contributed by atoms with E-state index in [9.17, 15) is 0 Å². The van der Waals surface area contributed by atoms with Crippen LogP contribution in [0.1, 0.15) is 29.4 Å². The second-order valence-corrected chi connectivity index (χ2v) is 6.98. The molecule has 1 aromatic heterocycles. The standard InChI is InChI=1S/C14H18N2S2/c1-10-13(14(2,3)15)18-12(16-10)9-17-11-7-5-4-6-8-11/h4-8H,9,15H2,1-3H3. The van der Waals surface area contributed by atoms with Gasteiger partial charge >= 0.3 is 0 Å². The molecule has 0 saturated heterocycles. The highest BCUT2D eigenvalue weighted by molar-refractivity contribution is 7.98. The summed E-state index contributed by atoms with van der Waals surface area (Å²) in [6.45, 7) is 6.10. The average Bonchev–Trinajstić information content (AvgIpc) is 2.69. The maximum Gasteiger partial charge on any atom is 0.103 e. The van der Waals surface area contributed by atoms with Crippen molar-refractivity contribution in [1.29, 1.82) is 0 Å². The first kappa shape index (κ1) is 13.6. The van der Waals surface area contributed by atoms with E-state index in [0.29, 0.717) is 0 Å². The molecule has 2 nitrogen and oxygen atoms in total. The SMILES string of the molecule is Cc1nc(CSc2ccccc2)sc1C(C)(C)N. The van der Waals surface area contributed by atoms with Crippen LogP contribution >= 0.6 is 23.1 Å². The molecular formula is C14H18N2S2. The normalized spacial score (nSPS) is 11.8. The number of aryl methyl sites for hydroxylation is 1. The maximum absolute atomic E-state index is 6.14. The van der Waals surface area contributed by atoms with E-state index in [1.54, 1.807) is 11.3 Å². The summed E-state index contributed by atoms with van der Waals surface area (Å²) in [6, 6.07) is 10.4. The summed E-state index contributed by atoms with van der Waals surface area (Å²) in [7, 11) is 0. The summed E-state index contributed by atoms with van der Waals surface area (Å²) >= 11 is 3.54. The molecule has 2 aromatic rings. The predicted octanol–water partition coefficient (Wildman–Crippen LogP) is 3.94. The van der Waals surface area contributed by atoms with Gasteiger partial charge in [0.15, 0.2) is 0 Å². The predicted molar refractivity (Wildman–Crippen MR) is 80.1 cm³/mol. The van der Waals surface area contributed by atoms with Crippen LogP contribution in [0.2, 0.25) is 0 Å². The van der Waals surface area contributed by atoms with E-state index in [0.717, 1.165) is 16.5 Å². The van der Waals surface area contributed by atoms with Crippen LogP contribution in [0.25, 0.3) is 0 Å². The van der Waals surface area contributed by atoms with E-state index in [4.69, 9.17) is 5.73 Å². The molecule has 2 rings (SSSR count). The van der Waals surface area contributed by atoms with Crippen molar-refractivity contribution in [3.05, 3.63) is 45.9 Å². The lowest BCUT2D eigenvalue weighted by Gasteiger charge is -2.16. The molecule has 0 aliphatic carbocycles. The molecule has 0 spiro atoms. The van der Waals surface area contributed by atoms with Crippen LogP contribution in [0.15, 0.2) is 35.2 Å². The van der Waals surface area contributed by atoms with Gasteiger partial charge in [0.2, 0.25) is 0 Å². The fourth-order valence-electron chi connectivity index (χ4n) is 1.77. The lowest BCUT2D eigenvalue weighted by Crippen LogP contribution is -2.28. The first-order valence-electron chi connectivity index (χ1n) is 5.90. The zero-order chi connectivity index (χ0) is 13.2. The Balaban J connectivity index is 2.07. The van der Waals surface area contributed by atoms with Crippen molar-refractivity contribution < 1.29 is 0 Å². The Morgan fingerprint density at radius 3 is 2.50 bits per heavy atom. The summed E-state index contributed by atoms with van der Waals surface area (Å²) in [6.07, 6.45) is 0. The Morgan fingerprint density at radius 1 is 1.28 bits per heavy atom. The Morgan fingerprint density at radius 2 is 1.94 bits per heavy atom.